The molecule has 1 aliphatic heterocycles. The van der Waals surface area contributed by atoms with Gasteiger partial charge in [-0.2, -0.15) is 13.2 Å². The number of pyridine rings is 1. The van der Waals surface area contributed by atoms with Crippen LogP contribution in [0.1, 0.15) is 25.0 Å². The third-order valence-electron chi connectivity index (χ3n) is 2.78. The van der Waals surface area contributed by atoms with Crippen LogP contribution >= 0.6 is 0 Å². The third kappa shape index (κ3) is 3.53. The predicted octanol–water partition coefficient (Wildman–Crippen LogP) is 2.17. The zero-order chi connectivity index (χ0) is 15.9. The van der Waals surface area contributed by atoms with Gasteiger partial charge >= 0.3 is 6.18 Å². The molecule has 9 heteroatoms. The fourth-order valence-electron chi connectivity index (χ4n) is 1.81. The molecule has 1 aliphatic rings. The molecule has 116 valence electrons. The van der Waals surface area contributed by atoms with Crippen molar-refractivity contribution in [2.45, 2.75) is 31.4 Å². The molecule has 0 unspecified atom stereocenters. The van der Waals surface area contributed by atoms with Crippen LogP contribution in [0.15, 0.2) is 29.6 Å². The topological polar surface area (TPSA) is 68.3 Å². The van der Waals surface area contributed by atoms with Crippen molar-refractivity contribution in [1.29, 1.82) is 0 Å². The van der Waals surface area contributed by atoms with E-state index in [1.165, 1.54) is 6.08 Å². The zero-order valence-corrected chi connectivity index (χ0v) is 12.0. The second-order valence-corrected chi connectivity index (χ2v) is 7.06. The van der Waals surface area contributed by atoms with Gasteiger partial charge in [-0.15, -0.1) is 0 Å². The fourth-order valence-corrected chi connectivity index (χ4v) is 3.24. The van der Waals surface area contributed by atoms with Crippen LogP contribution in [0.3, 0.4) is 0 Å². The van der Waals surface area contributed by atoms with E-state index in [2.05, 4.69) is 10.5 Å². The first-order valence-corrected chi connectivity index (χ1v) is 7.56. The van der Waals surface area contributed by atoms with Gasteiger partial charge in [-0.05, 0) is 31.6 Å². The first-order valence-electron chi connectivity index (χ1n) is 5.91. The molecule has 5 nitrogen and oxygen atoms in total. The molecule has 2 rings (SSSR count). The van der Waals surface area contributed by atoms with E-state index in [0.29, 0.717) is 0 Å². The van der Waals surface area contributed by atoms with Crippen LogP contribution in [0.25, 0.3) is 0 Å². The van der Waals surface area contributed by atoms with Crippen molar-refractivity contribution in [1.82, 2.24) is 10.5 Å². The number of nitrogens with one attached hydrogen (secondary N) is 1. The van der Waals surface area contributed by atoms with Gasteiger partial charge < -0.3 is 0 Å². The highest BCUT2D eigenvalue weighted by Crippen LogP contribution is 2.33. The van der Waals surface area contributed by atoms with E-state index in [9.17, 15) is 21.6 Å². The van der Waals surface area contributed by atoms with E-state index in [1.807, 2.05) is 0 Å². The van der Waals surface area contributed by atoms with Crippen molar-refractivity contribution in [2.75, 3.05) is 0 Å². The average Bonchev–Trinajstić information content (AvgIpc) is 2.69. The molecule has 1 N–H and O–H groups in total. The van der Waals surface area contributed by atoms with Gasteiger partial charge in [0.1, 0.15) is 5.60 Å². The van der Waals surface area contributed by atoms with E-state index >= 15 is 0 Å². The minimum atomic E-state index is -4.64. The van der Waals surface area contributed by atoms with Gasteiger partial charge in [0.05, 0.1) is 11.3 Å². The standard InChI is InChI=1S/C12H13F3N2O3S/c1-11(2)5-10(17-20-11)21(18,19)7-8-6-16-4-3-9(8)12(13,14)15/h3-6,17H,7H2,1-2H3. The second-order valence-electron chi connectivity index (χ2n) is 5.11. The molecule has 0 saturated carbocycles. The van der Waals surface area contributed by atoms with Crippen molar-refractivity contribution < 1.29 is 26.4 Å². The summed E-state index contributed by atoms with van der Waals surface area (Å²) in [5.41, 5.74) is -0.0252. The molecular formula is C12H13F3N2O3S. The number of halogens is 3. The SMILES string of the molecule is CC1(C)C=C(S(=O)(=O)Cc2cnccc2C(F)(F)F)NO1. The van der Waals surface area contributed by atoms with Gasteiger partial charge in [0.25, 0.3) is 0 Å². The summed E-state index contributed by atoms with van der Waals surface area (Å²) in [6, 6.07) is 0.752. The molecule has 0 aliphatic carbocycles. The molecule has 0 fully saturated rings. The van der Waals surface area contributed by atoms with Crippen molar-refractivity contribution in [3.8, 4) is 0 Å². The maximum Gasteiger partial charge on any atom is 0.416 e. The quantitative estimate of drug-likeness (QED) is 0.924. The van der Waals surface area contributed by atoms with E-state index in [4.69, 9.17) is 4.84 Å². The monoisotopic (exact) mass is 322 g/mol. The third-order valence-corrected chi connectivity index (χ3v) is 4.35. The Morgan fingerprint density at radius 2 is 2.05 bits per heavy atom. The molecule has 0 spiro atoms. The van der Waals surface area contributed by atoms with Crippen molar-refractivity contribution >= 4 is 9.84 Å². The molecule has 0 saturated heterocycles. The van der Waals surface area contributed by atoms with E-state index in [-0.39, 0.29) is 5.03 Å². The molecule has 1 aromatic heterocycles. The minimum absolute atomic E-state index is 0.246. The normalized spacial score (nSPS) is 18.2. The lowest BCUT2D eigenvalue weighted by molar-refractivity contribution is -0.138. The minimum Gasteiger partial charge on any atom is -0.265 e. The maximum atomic E-state index is 12.8. The average molecular weight is 322 g/mol. The van der Waals surface area contributed by atoms with E-state index in [1.54, 1.807) is 13.8 Å². The van der Waals surface area contributed by atoms with Gasteiger partial charge in [0.2, 0.25) is 0 Å². The van der Waals surface area contributed by atoms with Crippen LogP contribution in [-0.4, -0.2) is 19.0 Å². The number of rotatable bonds is 3. The van der Waals surface area contributed by atoms with Gasteiger partial charge in [0, 0.05) is 12.4 Å². The van der Waals surface area contributed by atoms with Gasteiger partial charge in [-0.1, -0.05) is 0 Å². The summed E-state index contributed by atoms with van der Waals surface area (Å²) in [6.45, 7) is 3.24. The number of alkyl halides is 3. The van der Waals surface area contributed by atoms with Crippen LogP contribution in [-0.2, 0) is 26.6 Å². The van der Waals surface area contributed by atoms with Crippen LogP contribution < -0.4 is 5.48 Å². The lowest BCUT2D eigenvalue weighted by atomic mass is 10.1. The Labute approximate surface area is 119 Å². The summed E-state index contributed by atoms with van der Waals surface area (Å²) in [7, 11) is -3.98. The molecule has 0 amide bonds. The highest BCUT2D eigenvalue weighted by molar-refractivity contribution is 7.94. The molecule has 0 bridgehead atoms. The number of nitrogens with zero attached hydrogens (tertiary/aromatic N) is 1. The summed E-state index contributed by atoms with van der Waals surface area (Å²) in [5.74, 6) is -0.812. The molecule has 21 heavy (non-hydrogen) atoms. The first kappa shape index (κ1) is 15.8. The molecule has 0 radical (unpaired) electrons. The fraction of sp³-hybridized carbons (Fsp3) is 0.417. The van der Waals surface area contributed by atoms with Crippen LogP contribution in [0, 0.1) is 0 Å². The number of aromatic nitrogens is 1. The second kappa shape index (κ2) is 4.99. The van der Waals surface area contributed by atoms with Crippen LogP contribution in [0.4, 0.5) is 13.2 Å². The summed E-state index contributed by atoms with van der Waals surface area (Å²) in [6.07, 6.45) is -1.45. The Morgan fingerprint density at radius 1 is 1.38 bits per heavy atom. The van der Waals surface area contributed by atoms with Gasteiger partial charge in [0.15, 0.2) is 14.9 Å². The molecule has 2 heterocycles. The van der Waals surface area contributed by atoms with Crippen LogP contribution in [0.2, 0.25) is 0 Å². The summed E-state index contributed by atoms with van der Waals surface area (Å²) >= 11 is 0. The van der Waals surface area contributed by atoms with Crippen molar-refractivity contribution in [2.24, 2.45) is 0 Å². The summed E-state index contributed by atoms with van der Waals surface area (Å²) in [5, 5.41) is -0.246. The molecule has 1 aromatic rings. The summed E-state index contributed by atoms with van der Waals surface area (Å²) in [4.78, 5) is 8.58. The predicted molar refractivity (Wildman–Crippen MR) is 68.2 cm³/mol. The van der Waals surface area contributed by atoms with Crippen molar-refractivity contribution in [3.05, 3.63) is 40.7 Å². The Kier molecular flexibility index (Phi) is 3.75. The zero-order valence-electron chi connectivity index (χ0n) is 11.2. The Balaban J connectivity index is 2.35. The number of hydrogen-bond donors (Lipinski definition) is 1. The van der Waals surface area contributed by atoms with E-state index in [0.717, 1.165) is 18.5 Å². The van der Waals surface area contributed by atoms with Crippen molar-refractivity contribution in [3.63, 3.8) is 0 Å². The Morgan fingerprint density at radius 3 is 2.57 bits per heavy atom. The lowest BCUT2D eigenvalue weighted by Gasteiger charge is -2.13. The first-order chi connectivity index (χ1) is 9.51. The van der Waals surface area contributed by atoms with Gasteiger partial charge in [-0.3, -0.25) is 15.3 Å². The molecule has 0 aromatic carbocycles. The molecule has 0 atom stereocenters. The largest absolute Gasteiger partial charge is 0.416 e. The Bertz CT molecular complexity index is 681. The highest BCUT2D eigenvalue weighted by atomic mass is 32.2. The Hall–Kier alpha value is -1.61. The number of hydrogen-bond acceptors (Lipinski definition) is 5. The summed E-state index contributed by atoms with van der Waals surface area (Å²) < 4.78 is 62.9. The highest BCUT2D eigenvalue weighted by Gasteiger charge is 2.36. The maximum absolute atomic E-state index is 12.8. The number of sulfone groups is 1. The molecular weight excluding hydrogens is 309 g/mol. The van der Waals surface area contributed by atoms with Gasteiger partial charge in [-0.25, -0.2) is 8.42 Å². The lowest BCUT2D eigenvalue weighted by Crippen LogP contribution is -2.23. The number of hydroxylamine groups is 1. The van der Waals surface area contributed by atoms with Crippen LogP contribution in [0.5, 0.6) is 0 Å². The smallest absolute Gasteiger partial charge is 0.265 e. The van der Waals surface area contributed by atoms with E-state index < -0.39 is 38.5 Å².